The van der Waals surface area contributed by atoms with Gasteiger partial charge in [0.25, 0.3) is 0 Å². The van der Waals surface area contributed by atoms with Crippen LogP contribution < -0.4 is 5.32 Å². The zero-order chi connectivity index (χ0) is 24.6. The van der Waals surface area contributed by atoms with Crippen LogP contribution >= 0.6 is 0 Å². The fourth-order valence-electron chi connectivity index (χ4n) is 3.96. The fraction of sp³-hybridized carbons (Fsp3) is 0.444. The Labute approximate surface area is 201 Å². The Morgan fingerprint density at radius 2 is 1.62 bits per heavy atom. The van der Waals surface area contributed by atoms with E-state index < -0.39 is 29.7 Å². The monoisotopic (exact) mass is 466 g/mol. The van der Waals surface area contributed by atoms with Gasteiger partial charge in [0.15, 0.2) is 0 Å². The Bertz CT molecular complexity index is 956. The molecule has 34 heavy (non-hydrogen) atoms. The molecule has 0 spiro atoms. The zero-order valence-electron chi connectivity index (χ0n) is 20.2. The number of likely N-dealkylation sites (tertiary alicyclic amines) is 1. The highest BCUT2D eigenvalue weighted by Crippen LogP contribution is 2.22. The van der Waals surface area contributed by atoms with Crippen molar-refractivity contribution in [3.8, 4) is 0 Å². The van der Waals surface area contributed by atoms with Crippen molar-refractivity contribution in [1.29, 1.82) is 0 Å². The molecule has 2 aromatic rings. The molecule has 2 atom stereocenters. The van der Waals surface area contributed by atoms with Crippen molar-refractivity contribution < 1.29 is 23.9 Å². The highest BCUT2D eigenvalue weighted by molar-refractivity contribution is 5.90. The number of hydrogen-bond donors (Lipinski definition) is 1. The summed E-state index contributed by atoms with van der Waals surface area (Å²) in [7, 11) is 0. The van der Waals surface area contributed by atoms with Crippen LogP contribution in [-0.2, 0) is 32.1 Å². The van der Waals surface area contributed by atoms with Gasteiger partial charge < -0.3 is 19.7 Å². The van der Waals surface area contributed by atoms with Gasteiger partial charge in [-0.25, -0.2) is 9.59 Å². The molecular formula is C27H34N2O5. The highest BCUT2D eigenvalue weighted by Gasteiger charge is 2.38. The Morgan fingerprint density at radius 1 is 1.00 bits per heavy atom. The van der Waals surface area contributed by atoms with E-state index in [0.29, 0.717) is 32.2 Å². The van der Waals surface area contributed by atoms with Gasteiger partial charge in [-0.2, -0.15) is 0 Å². The first-order chi connectivity index (χ1) is 16.2. The molecule has 1 aliphatic heterocycles. The second-order valence-corrected chi connectivity index (χ2v) is 9.51. The van der Waals surface area contributed by atoms with E-state index in [1.165, 1.54) is 0 Å². The summed E-state index contributed by atoms with van der Waals surface area (Å²) in [5.74, 6) is -0.713. The van der Waals surface area contributed by atoms with Crippen LogP contribution in [0.2, 0.25) is 0 Å². The van der Waals surface area contributed by atoms with Crippen molar-refractivity contribution in [2.45, 2.75) is 70.7 Å². The first kappa shape index (κ1) is 25.3. The molecule has 0 unspecified atom stereocenters. The molecule has 1 aliphatic rings. The van der Waals surface area contributed by atoms with E-state index in [1.54, 1.807) is 25.7 Å². The molecule has 1 heterocycles. The van der Waals surface area contributed by atoms with Gasteiger partial charge in [0.05, 0.1) is 0 Å². The molecule has 0 radical (unpaired) electrons. The first-order valence-electron chi connectivity index (χ1n) is 11.8. The fourth-order valence-corrected chi connectivity index (χ4v) is 3.96. The number of nitrogens with zero attached hydrogens (tertiary/aromatic N) is 1. The second-order valence-electron chi connectivity index (χ2n) is 9.51. The molecule has 1 fully saturated rings. The number of benzene rings is 2. The van der Waals surface area contributed by atoms with Gasteiger partial charge in [-0.3, -0.25) is 4.79 Å². The summed E-state index contributed by atoms with van der Waals surface area (Å²) in [4.78, 5) is 40.3. The maximum Gasteiger partial charge on any atom is 0.408 e. The van der Waals surface area contributed by atoms with E-state index in [0.717, 1.165) is 11.1 Å². The third kappa shape index (κ3) is 7.61. The molecule has 2 amide bonds. The number of rotatable bonds is 8. The number of hydrogen-bond acceptors (Lipinski definition) is 5. The first-order valence-corrected chi connectivity index (χ1v) is 11.8. The number of carbonyl (C=O) groups excluding carboxylic acids is 3. The van der Waals surface area contributed by atoms with Gasteiger partial charge >= 0.3 is 12.1 Å². The number of alkyl carbamates (subject to hydrolysis) is 1. The van der Waals surface area contributed by atoms with Gasteiger partial charge in [0, 0.05) is 6.54 Å². The van der Waals surface area contributed by atoms with E-state index in [2.05, 4.69) is 5.32 Å². The van der Waals surface area contributed by atoms with Crippen molar-refractivity contribution in [3.63, 3.8) is 0 Å². The normalized spacial score (nSPS) is 16.6. The average molecular weight is 467 g/mol. The molecule has 0 aliphatic carbocycles. The van der Waals surface area contributed by atoms with Crippen LogP contribution in [0.4, 0.5) is 4.79 Å². The molecular weight excluding hydrogens is 432 g/mol. The van der Waals surface area contributed by atoms with E-state index in [-0.39, 0.29) is 12.5 Å². The molecule has 1 saturated heterocycles. The molecule has 0 aromatic heterocycles. The molecule has 0 bridgehead atoms. The van der Waals surface area contributed by atoms with Crippen molar-refractivity contribution in [2.24, 2.45) is 0 Å². The molecule has 1 N–H and O–H groups in total. The maximum atomic E-state index is 13.5. The van der Waals surface area contributed by atoms with Crippen molar-refractivity contribution in [3.05, 3.63) is 71.8 Å². The minimum atomic E-state index is -0.808. The minimum absolute atomic E-state index is 0.159. The van der Waals surface area contributed by atoms with E-state index >= 15 is 0 Å². The summed E-state index contributed by atoms with van der Waals surface area (Å²) in [6.07, 6.45) is 1.58. The number of aryl methyl sites for hydroxylation is 1. The number of nitrogens with one attached hydrogen (secondary N) is 1. The number of carbonyl (C=O) groups is 3. The predicted octanol–water partition coefficient (Wildman–Crippen LogP) is 4.25. The van der Waals surface area contributed by atoms with Crippen LogP contribution in [-0.4, -0.2) is 47.1 Å². The topological polar surface area (TPSA) is 84.9 Å². The second kappa shape index (κ2) is 11.7. The van der Waals surface area contributed by atoms with E-state index in [9.17, 15) is 14.4 Å². The van der Waals surface area contributed by atoms with Gasteiger partial charge in [-0.05, 0) is 57.6 Å². The average Bonchev–Trinajstić information content (AvgIpc) is 3.30. The van der Waals surface area contributed by atoms with Crippen LogP contribution in [0.5, 0.6) is 0 Å². The molecule has 2 aromatic carbocycles. The van der Waals surface area contributed by atoms with Crippen molar-refractivity contribution in [1.82, 2.24) is 10.2 Å². The lowest BCUT2D eigenvalue weighted by Crippen LogP contribution is -2.52. The quantitative estimate of drug-likeness (QED) is 0.588. The third-order valence-corrected chi connectivity index (χ3v) is 5.59. The molecule has 3 rings (SSSR count). The zero-order valence-corrected chi connectivity index (χ0v) is 20.2. The Hall–Kier alpha value is -3.35. The maximum absolute atomic E-state index is 13.5. The van der Waals surface area contributed by atoms with Crippen LogP contribution in [0, 0.1) is 0 Å². The molecule has 7 heteroatoms. The van der Waals surface area contributed by atoms with Crippen molar-refractivity contribution >= 4 is 18.0 Å². The molecule has 7 nitrogen and oxygen atoms in total. The van der Waals surface area contributed by atoms with Gasteiger partial charge in [-0.15, -0.1) is 0 Å². The Morgan fingerprint density at radius 3 is 2.24 bits per heavy atom. The third-order valence-electron chi connectivity index (χ3n) is 5.59. The molecule has 182 valence electrons. The summed E-state index contributed by atoms with van der Waals surface area (Å²) in [6.45, 7) is 5.92. The van der Waals surface area contributed by atoms with Crippen LogP contribution in [0.3, 0.4) is 0 Å². The lowest BCUT2D eigenvalue weighted by Gasteiger charge is -2.29. The summed E-state index contributed by atoms with van der Waals surface area (Å²) in [5.41, 5.74) is 1.26. The smallest absolute Gasteiger partial charge is 0.408 e. The summed E-state index contributed by atoms with van der Waals surface area (Å²) < 4.78 is 10.9. The van der Waals surface area contributed by atoms with Gasteiger partial charge in [0.1, 0.15) is 24.3 Å². The van der Waals surface area contributed by atoms with E-state index in [1.807, 2.05) is 60.7 Å². The highest BCUT2D eigenvalue weighted by atomic mass is 16.6. The summed E-state index contributed by atoms with van der Waals surface area (Å²) in [6, 6.07) is 17.7. The number of ether oxygens (including phenoxy) is 2. The minimum Gasteiger partial charge on any atom is -0.459 e. The van der Waals surface area contributed by atoms with E-state index in [4.69, 9.17) is 9.47 Å². The summed E-state index contributed by atoms with van der Waals surface area (Å²) in [5, 5.41) is 2.73. The number of esters is 1. The van der Waals surface area contributed by atoms with Crippen LogP contribution in [0.1, 0.15) is 51.2 Å². The molecule has 0 saturated carbocycles. The Kier molecular flexibility index (Phi) is 8.68. The standard InChI is InChI=1S/C27H34N2O5/c1-27(2,3)34-26(32)28-22(17-16-20-11-6-4-7-12-20)24(30)29-18-10-15-23(29)25(31)33-19-21-13-8-5-9-14-21/h4-9,11-14,22-23H,10,15-19H2,1-3H3,(H,28,32)/t22-,23+/m0/s1. The van der Waals surface area contributed by atoms with Gasteiger partial charge in [0.2, 0.25) is 5.91 Å². The van der Waals surface area contributed by atoms with Crippen LogP contribution in [0.25, 0.3) is 0 Å². The van der Waals surface area contributed by atoms with Crippen molar-refractivity contribution in [2.75, 3.05) is 6.54 Å². The Balaban J connectivity index is 1.68. The lowest BCUT2D eigenvalue weighted by molar-refractivity contribution is -0.155. The lowest BCUT2D eigenvalue weighted by atomic mass is 10.0. The van der Waals surface area contributed by atoms with Gasteiger partial charge in [-0.1, -0.05) is 60.7 Å². The number of amides is 2. The summed E-state index contributed by atoms with van der Waals surface area (Å²) >= 11 is 0. The predicted molar refractivity (Wildman–Crippen MR) is 129 cm³/mol. The SMILES string of the molecule is CC(C)(C)OC(=O)N[C@@H](CCc1ccccc1)C(=O)N1CCC[C@@H]1C(=O)OCc1ccccc1. The largest absolute Gasteiger partial charge is 0.459 e. The van der Waals surface area contributed by atoms with Crippen LogP contribution in [0.15, 0.2) is 60.7 Å².